The number of rotatable bonds is 1. The summed E-state index contributed by atoms with van der Waals surface area (Å²) in [6, 6.07) is 3.08. The van der Waals surface area contributed by atoms with E-state index in [4.69, 9.17) is 5.73 Å². The highest BCUT2D eigenvalue weighted by Gasteiger charge is 2.36. The Morgan fingerprint density at radius 2 is 1.90 bits per heavy atom. The minimum atomic E-state index is -4.66. The summed E-state index contributed by atoms with van der Waals surface area (Å²) in [4.78, 5) is 0. The van der Waals surface area contributed by atoms with Crippen LogP contribution in [0.1, 0.15) is 50.2 Å². The maximum Gasteiger partial charge on any atom is 0.419 e. The molecule has 0 saturated heterocycles. The first-order chi connectivity index (χ1) is 9.22. The predicted molar refractivity (Wildman–Crippen MR) is 69.5 cm³/mol. The van der Waals surface area contributed by atoms with Gasteiger partial charge in [0.1, 0.15) is 5.82 Å². The minimum absolute atomic E-state index is 0.470. The SMILES string of the molecule is CC1CCCC(N)(c2ccc(C(F)(F)F)c(F)c2)CC1. The molecule has 1 aromatic carbocycles. The maximum absolute atomic E-state index is 13.7. The molecule has 1 aliphatic rings. The highest BCUT2D eigenvalue weighted by Crippen LogP contribution is 2.38. The van der Waals surface area contributed by atoms with E-state index in [1.54, 1.807) is 0 Å². The normalized spacial score (nSPS) is 28.2. The topological polar surface area (TPSA) is 26.0 Å². The summed E-state index contributed by atoms with van der Waals surface area (Å²) in [6.45, 7) is 2.14. The van der Waals surface area contributed by atoms with Gasteiger partial charge in [0, 0.05) is 5.54 Å². The first-order valence-corrected chi connectivity index (χ1v) is 6.88. The lowest BCUT2D eigenvalue weighted by molar-refractivity contribution is -0.140. The van der Waals surface area contributed by atoms with Crippen LogP contribution in [0.25, 0.3) is 0 Å². The van der Waals surface area contributed by atoms with Crippen molar-refractivity contribution in [3.63, 3.8) is 0 Å². The molecule has 2 unspecified atom stereocenters. The van der Waals surface area contributed by atoms with Gasteiger partial charge in [0.15, 0.2) is 0 Å². The van der Waals surface area contributed by atoms with E-state index >= 15 is 0 Å². The Labute approximate surface area is 116 Å². The van der Waals surface area contributed by atoms with Crippen LogP contribution < -0.4 is 5.73 Å². The first-order valence-electron chi connectivity index (χ1n) is 6.88. The average molecular weight is 289 g/mol. The van der Waals surface area contributed by atoms with Crippen molar-refractivity contribution in [2.45, 2.75) is 50.7 Å². The molecule has 0 bridgehead atoms. The zero-order valence-corrected chi connectivity index (χ0v) is 11.4. The third-order valence-corrected chi connectivity index (χ3v) is 4.25. The molecule has 2 N–H and O–H groups in total. The second kappa shape index (κ2) is 5.35. The fourth-order valence-electron chi connectivity index (χ4n) is 2.88. The molecule has 2 rings (SSSR count). The summed E-state index contributed by atoms with van der Waals surface area (Å²) in [5.74, 6) is -0.683. The van der Waals surface area contributed by atoms with Crippen LogP contribution in [-0.4, -0.2) is 0 Å². The Kier molecular flexibility index (Phi) is 4.09. The fraction of sp³-hybridized carbons (Fsp3) is 0.600. The summed E-state index contributed by atoms with van der Waals surface area (Å²) in [7, 11) is 0. The quantitative estimate of drug-likeness (QED) is 0.593. The largest absolute Gasteiger partial charge is 0.419 e. The summed E-state index contributed by atoms with van der Waals surface area (Å²) >= 11 is 0. The summed E-state index contributed by atoms with van der Waals surface area (Å²) in [5.41, 5.74) is 4.85. The van der Waals surface area contributed by atoms with Gasteiger partial charge < -0.3 is 5.73 Å². The molecule has 0 radical (unpaired) electrons. The standard InChI is InChI=1S/C15H19F4N/c1-10-3-2-7-14(20,8-6-10)11-4-5-12(13(16)9-11)15(17,18)19/h4-5,9-10H,2-3,6-8,20H2,1H3. The van der Waals surface area contributed by atoms with E-state index in [1.165, 1.54) is 6.07 Å². The van der Waals surface area contributed by atoms with Gasteiger partial charge in [-0.3, -0.25) is 0 Å². The molecule has 0 heterocycles. The molecule has 0 aromatic heterocycles. The third kappa shape index (κ3) is 3.14. The number of alkyl halides is 3. The molecule has 0 spiro atoms. The molecule has 1 fully saturated rings. The van der Waals surface area contributed by atoms with Crippen LogP contribution in [0.2, 0.25) is 0 Å². The van der Waals surface area contributed by atoms with Crippen molar-refractivity contribution in [2.75, 3.05) is 0 Å². The van der Waals surface area contributed by atoms with Crippen molar-refractivity contribution in [1.29, 1.82) is 0 Å². The van der Waals surface area contributed by atoms with E-state index in [2.05, 4.69) is 6.92 Å². The minimum Gasteiger partial charge on any atom is -0.321 e. The van der Waals surface area contributed by atoms with Crippen molar-refractivity contribution in [3.05, 3.63) is 35.1 Å². The number of benzene rings is 1. The Morgan fingerprint density at radius 1 is 1.20 bits per heavy atom. The molecule has 112 valence electrons. The van der Waals surface area contributed by atoms with Gasteiger partial charge >= 0.3 is 6.18 Å². The van der Waals surface area contributed by atoms with Gasteiger partial charge in [-0.1, -0.05) is 25.8 Å². The molecule has 5 heteroatoms. The zero-order valence-electron chi connectivity index (χ0n) is 11.4. The number of hydrogen-bond acceptors (Lipinski definition) is 1. The monoisotopic (exact) mass is 289 g/mol. The van der Waals surface area contributed by atoms with Crippen molar-refractivity contribution < 1.29 is 17.6 Å². The Morgan fingerprint density at radius 3 is 2.50 bits per heavy atom. The molecule has 1 aromatic rings. The average Bonchev–Trinajstić information content (AvgIpc) is 2.51. The molecule has 2 atom stereocenters. The third-order valence-electron chi connectivity index (χ3n) is 4.25. The Bertz CT molecular complexity index is 483. The van der Waals surface area contributed by atoms with Gasteiger partial charge in [-0.2, -0.15) is 13.2 Å². The summed E-state index contributed by atoms with van der Waals surface area (Å²) < 4.78 is 51.4. The number of halogens is 4. The van der Waals surface area contributed by atoms with Crippen molar-refractivity contribution in [2.24, 2.45) is 11.7 Å². The van der Waals surface area contributed by atoms with E-state index < -0.39 is 23.1 Å². The van der Waals surface area contributed by atoms with Crippen LogP contribution in [0, 0.1) is 11.7 Å². The second-order valence-corrected chi connectivity index (χ2v) is 5.88. The van der Waals surface area contributed by atoms with Crippen molar-refractivity contribution in [3.8, 4) is 0 Å². The van der Waals surface area contributed by atoms with E-state index in [-0.39, 0.29) is 0 Å². The molecule has 1 nitrogen and oxygen atoms in total. The zero-order chi connectivity index (χ0) is 15.0. The lowest BCUT2D eigenvalue weighted by Crippen LogP contribution is -2.36. The highest BCUT2D eigenvalue weighted by atomic mass is 19.4. The van der Waals surface area contributed by atoms with Crippen LogP contribution >= 0.6 is 0 Å². The van der Waals surface area contributed by atoms with Crippen LogP contribution in [0.3, 0.4) is 0 Å². The molecule has 1 aliphatic carbocycles. The molecule has 1 saturated carbocycles. The first kappa shape index (κ1) is 15.3. The second-order valence-electron chi connectivity index (χ2n) is 5.88. The number of nitrogens with two attached hydrogens (primary N) is 1. The molecular formula is C15H19F4N. The van der Waals surface area contributed by atoms with Gasteiger partial charge in [0.05, 0.1) is 5.56 Å². The molecule has 0 aliphatic heterocycles. The van der Waals surface area contributed by atoms with Crippen molar-refractivity contribution in [1.82, 2.24) is 0 Å². The molecular weight excluding hydrogens is 270 g/mol. The maximum atomic E-state index is 13.7. The Hall–Kier alpha value is -1.10. The smallest absolute Gasteiger partial charge is 0.321 e. The molecule has 0 amide bonds. The number of hydrogen-bond donors (Lipinski definition) is 1. The van der Waals surface area contributed by atoms with E-state index in [9.17, 15) is 17.6 Å². The Balaban J connectivity index is 2.31. The van der Waals surface area contributed by atoms with Crippen LogP contribution in [0.4, 0.5) is 17.6 Å². The van der Waals surface area contributed by atoms with Gasteiger partial charge in [0.25, 0.3) is 0 Å². The summed E-state index contributed by atoms with van der Waals surface area (Å²) in [6.07, 6.45) is -0.412. The van der Waals surface area contributed by atoms with Crippen LogP contribution in [0.15, 0.2) is 18.2 Å². The van der Waals surface area contributed by atoms with E-state index in [0.29, 0.717) is 24.3 Å². The van der Waals surface area contributed by atoms with Crippen LogP contribution in [0.5, 0.6) is 0 Å². The van der Waals surface area contributed by atoms with Gasteiger partial charge in [0.2, 0.25) is 0 Å². The van der Waals surface area contributed by atoms with Gasteiger partial charge in [-0.05, 0) is 42.9 Å². The van der Waals surface area contributed by atoms with Gasteiger partial charge in [-0.15, -0.1) is 0 Å². The molecule has 20 heavy (non-hydrogen) atoms. The lowest BCUT2D eigenvalue weighted by Gasteiger charge is -2.29. The predicted octanol–water partition coefficient (Wildman–Crippen LogP) is 4.60. The fourth-order valence-corrected chi connectivity index (χ4v) is 2.88. The van der Waals surface area contributed by atoms with Crippen molar-refractivity contribution >= 4 is 0 Å². The van der Waals surface area contributed by atoms with Gasteiger partial charge in [-0.25, -0.2) is 4.39 Å². The van der Waals surface area contributed by atoms with E-state index in [0.717, 1.165) is 31.4 Å². The van der Waals surface area contributed by atoms with E-state index in [1.807, 2.05) is 0 Å². The van der Waals surface area contributed by atoms with Crippen LogP contribution in [-0.2, 0) is 11.7 Å². The highest BCUT2D eigenvalue weighted by molar-refractivity contribution is 5.31. The lowest BCUT2D eigenvalue weighted by atomic mass is 9.83. The summed E-state index contributed by atoms with van der Waals surface area (Å²) in [5, 5.41) is 0.